The fourth-order valence-corrected chi connectivity index (χ4v) is 2.85. The Kier molecular flexibility index (Phi) is 4.55. The van der Waals surface area contributed by atoms with Crippen LogP contribution in [0.15, 0.2) is 48.5 Å². The first-order chi connectivity index (χ1) is 11.2. The van der Waals surface area contributed by atoms with Crippen LogP contribution in [0.3, 0.4) is 0 Å². The van der Waals surface area contributed by atoms with Gasteiger partial charge >= 0.3 is 0 Å². The summed E-state index contributed by atoms with van der Waals surface area (Å²) in [4.78, 5) is 12.3. The molecule has 0 atom stereocenters. The van der Waals surface area contributed by atoms with Crippen LogP contribution in [0.1, 0.15) is 10.4 Å². The van der Waals surface area contributed by atoms with E-state index in [1.165, 1.54) is 18.4 Å². The monoisotopic (exact) mass is 345 g/mol. The summed E-state index contributed by atoms with van der Waals surface area (Å²) < 4.78 is 5.18. The highest BCUT2D eigenvalue weighted by Gasteiger charge is 2.14. The Morgan fingerprint density at radius 1 is 1.13 bits per heavy atom. The zero-order valence-electron chi connectivity index (χ0n) is 12.1. The average Bonchev–Trinajstić information content (AvgIpc) is 3.04. The number of hydrogen-bond donors (Lipinski definition) is 1. The van der Waals surface area contributed by atoms with Crippen molar-refractivity contribution in [3.63, 3.8) is 0 Å². The maximum Gasteiger partial charge on any atom is 0.261 e. The molecule has 1 N–H and O–H groups in total. The van der Waals surface area contributed by atoms with Crippen molar-refractivity contribution in [1.29, 1.82) is 0 Å². The van der Waals surface area contributed by atoms with Crippen molar-refractivity contribution in [2.45, 2.75) is 0 Å². The molecule has 1 amide bonds. The van der Waals surface area contributed by atoms with E-state index in [1.807, 2.05) is 12.1 Å². The molecule has 0 saturated heterocycles. The molecule has 0 aliphatic rings. The molecule has 23 heavy (non-hydrogen) atoms. The third-order valence-electron chi connectivity index (χ3n) is 3.09. The van der Waals surface area contributed by atoms with Crippen LogP contribution in [0.4, 0.5) is 5.13 Å². The smallest absolute Gasteiger partial charge is 0.261 e. The molecule has 0 aliphatic carbocycles. The number of amides is 1. The molecule has 1 heterocycles. The number of nitrogens with one attached hydrogen (secondary N) is 1. The number of hydrogen-bond acceptors (Lipinski definition) is 5. The van der Waals surface area contributed by atoms with E-state index in [1.54, 1.807) is 36.4 Å². The van der Waals surface area contributed by atoms with E-state index in [4.69, 9.17) is 16.3 Å². The lowest BCUT2D eigenvalue weighted by Gasteiger charge is -2.06. The number of halogens is 1. The summed E-state index contributed by atoms with van der Waals surface area (Å²) in [6.45, 7) is 0. The Morgan fingerprint density at radius 2 is 1.87 bits per heavy atom. The molecule has 5 nitrogen and oxygen atoms in total. The number of nitrogens with zero attached hydrogens (tertiary/aromatic N) is 2. The van der Waals surface area contributed by atoms with E-state index in [9.17, 15) is 4.79 Å². The van der Waals surface area contributed by atoms with Gasteiger partial charge in [0.1, 0.15) is 10.8 Å². The summed E-state index contributed by atoms with van der Waals surface area (Å²) in [6.07, 6.45) is 0. The van der Waals surface area contributed by atoms with Crippen molar-refractivity contribution in [1.82, 2.24) is 10.2 Å². The van der Waals surface area contributed by atoms with Gasteiger partial charge in [0.15, 0.2) is 0 Å². The molecule has 2 aromatic carbocycles. The summed E-state index contributed by atoms with van der Waals surface area (Å²) in [5.74, 6) is 0.216. The minimum atomic E-state index is -0.291. The number of ether oxygens (including phenoxy) is 1. The first-order valence-corrected chi connectivity index (χ1v) is 7.90. The van der Waals surface area contributed by atoms with Crippen molar-refractivity contribution in [3.8, 4) is 16.3 Å². The maximum absolute atomic E-state index is 12.3. The Balaban J connectivity index is 1.79. The number of anilines is 1. The molecular formula is C16H12ClN3O2S. The van der Waals surface area contributed by atoms with Gasteiger partial charge in [-0.25, -0.2) is 0 Å². The van der Waals surface area contributed by atoms with Gasteiger partial charge in [-0.15, -0.1) is 10.2 Å². The first-order valence-electron chi connectivity index (χ1n) is 6.71. The maximum atomic E-state index is 12.3. The second-order valence-corrected chi connectivity index (χ2v) is 5.99. The van der Waals surface area contributed by atoms with E-state index in [0.29, 0.717) is 26.5 Å². The van der Waals surface area contributed by atoms with Crippen LogP contribution < -0.4 is 10.1 Å². The Labute approximate surface area is 141 Å². The summed E-state index contributed by atoms with van der Waals surface area (Å²) in [7, 11) is 1.52. The van der Waals surface area contributed by atoms with Crippen molar-refractivity contribution in [2.24, 2.45) is 0 Å². The average molecular weight is 346 g/mol. The fourth-order valence-electron chi connectivity index (χ4n) is 1.98. The van der Waals surface area contributed by atoms with Gasteiger partial charge in [-0.1, -0.05) is 47.2 Å². The topological polar surface area (TPSA) is 64.1 Å². The zero-order chi connectivity index (χ0) is 16.2. The number of aromatic nitrogens is 2. The largest absolute Gasteiger partial charge is 0.496 e. The highest BCUT2D eigenvalue weighted by atomic mass is 35.5. The van der Waals surface area contributed by atoms with Crippen LogP contribution in [0.25, 0.3) is 10.6 Å². The van der Waals surface area contributed by atoms with E-state index in [0.717, 1.165) is 5.56 Å². The second-order valence-electron chi connectivity index (χ2n) is 4.57. The molecule has 0 bridgehead atoms. The quantitative estimate of drug-likeness (QED) is 0.772. The number of carbonyl (C=O) groups excluding carboxylic acids is 1. The predicted octanol–water partition coefficient (Wildman–Crippen LogP) is 4.12. The molecule has 3 rings (SSSR count). The van der Waals surface area contributed by atoms with Crippen LogP contribution in [0, 0.1) is 0 Å². The SMILES string of the molecule is COc1ccccc1C(=O)Nc1nnc(-c2ccc(Cl)cc2)s1. The van der Waals surface area contributed by atoms with Gasteiger partial charge in [0.05, 0.1) is 12.7 Å². The van der Waals surface area contributed by atoms with Gasteiger partial charge in [0, 0.05) is 10.6 Å². The van der Waals surface area contributed by atoms with Gasteiger partial charge in [-0.2, -0.15) is 0 Å². The number of rotatable bonds is 4. The molecular weight excluding hydrogens is 334 g/mol. The van der Waals surface area contributed by atoms with Crippen molar-refractivity contribution < 1.29 is 9.53 Å². The predicted molar refractivity (Wildman–Crippen MR) is 91.3 cm³/mol. The van der Waals surface area contributed by atoms with E-state index in [-0.39, 0.29) is 5.91 Å². The lowest BCUT2D eigenvalue weighted by atomic mass is 10.2. The highest BCUT2D eigenvalue weighted by Crippen LogP contribution is 2.28. The summed E-state index contributed by atoms with van der Waals surface area (Å²) in [5.41, 5.74) is 1.34. The molecule has 3 aromatic rings. The normalized spacial score (nSPS) is 10.3. The third kappa shape index (κ3) is 3.49. The number of methoxy groups -OCH3 is 1. The summed E-state index contributed by atoms with van der Waals surface area (Å²) in [5, 5.41) is 12.6. The van der Waals surface area contributed by atoms with Gasteiger partial charge in [-0.3, -0.25) is 10.1 Å². The molecule has 0 saturated carbocycles. The summed E-state index contributed by atoms with van der Waals surface area (Å²) in [6, 6.07) is 14.3. The van der Waals surface area contributed by atoms with E-state index >= 15 is 0 Å². The number of benzene rings is 2. The Morgan fingerprint density at radius 3 is 2.61 bits per heavy atom. The molecule has 0 radical (unpaired) electrons. The molecule has 0 aliphatic heterocycles. The van der Waals surface area contributed by atoms with Crippen LogP contribution in [0.5, 0.6) is 5.75 Å². The third-order valence-corrected chi connectivity index (χ3v) is 4.23. The zero-order valence-corrected chi connectivity index (χ0v) is 13.7. The van der Waals surface area contributed by atoms with Crippen molar-refractivity contribution in [2.75, 3.05) is 12.4 Å². The van der Waals surface area contributed by atoms with Gasteiger partial charge in [0.25, 0.3) is 5.91 Å². The standard InChI is InChI=1S/C16H12ClN3O2S/c1-22-13-5-3-2-4-12(13)14(21)18-16-20-19-15(23-16)10-6-8-11(17)9-7-10/h2-9H,1H3,(H,18,20,21). The molecule has 0 fully saturated rings. The molecule has 116 valence electrons. The molecule has 0 spiro atoms. The lowest BCUT2D eigenvalue weighted by Crippen LogP contribution is -2.12. The minimum Gasteiger partial charge on any atom is -0.496 e. The summed E-state index contributed by atoms with van der Waals surface area (Å²) >= 11 is 7.16. The molecule has 7 heteroatoms. The molecule has 0 unspecified atom stereocenters. The lowest BCUT2D eigenvalue weighted by molar-refractivity contribution is 0.102. The Hall–Kier alpha value is -2.44. The number of carbonyl (C=O) groups is 1. The fraction of sp³-hybridized carbons (Fsp3) is 0.0625. The van der Waals surface area contributed by atoms with Gasteiger partial charge < -0.3 is 4.74 Å². The van der Waals surface area contributed by atoms with E-state index in [2.05, 4.69) is 15.5 Å². The first kappa shape index (κ1) is 15.5. The van der Waals surface area contributed by atoms with Gasteiger partial charge in [0.2, 0.25) is 5.13 Å². The van der Waals surface area contributed by atoms with Crippen LogP contribution in [-0.4, -0.2) is 23.2 Å². The number of para-hydroxylation sites is 1. The van der Waals surface area contributed by atoms with Crippen molar-refractivity contribution in [3.05, 3.63) is 59.1 Å². The van der Waals surface area contributed by atoms with Gasteiger partial charge in [-0.05, 0) is 24.3 Å². The highest BCUT2D eigenvalue weighted by molar-refractivity contribution is 7.18. The van der Waals surface area contributed by atoms with E-state index < -0.39 is 0 Å². The molecule has 1 aromatic heterocycles. The second kappa shape index (κ2) is 6.76. The van der Waals surface area contributed by atoms with Crippen LogP contribution >= 0.6 is 22.9 Å². The van der Waals surface area contributed by atoms with Crippen molar-refractivity contribution >= 4 is 34.0 Å². The van der Waals surface area contributed by atoms with Crippen LogP contribution in [0.2, 0.25) is 5.02 Å². The van der Waals surface area contributed by atoms with Crippen LogP contribution in [-0.2, 0) is 0 Å². The minimum absolute atomic E-state index is 0.291. The Bertz CT molecular complexity index is 833.